The highest BCUT2D eigenvalue weighted by atomic mass is 16.5. The van der Waals surface area contributed by atoms with E-state index >= 15 is 0 Å². The van der Waals surface area contributed by atoms with Crippen LogP contribution in [0.4, 0.5) is 0 Å². The lowest BCUT2D eigenvalue weighted by Crippen LogP contribution is -2.16. The lowest BCUT2D eigenvalue weighted by atomic mass is 10.4. The van der Waals surface area contributed by atoms with Crippen LogP contribution in [-0.4, -0.2) is 32.8 Å². The first-order chi connectivity index (χ1) is 5.41. The van der Waals surface area contributed by atoms with Gasteiger partial charge in [-0.1, -0.05) is 6.92 Å². The molecule has 0 unspecified atom stereocenters. The Bertz CT molecular complexity index is 61.1. The molecular weight excluding hydrogens is 140 g/mol. The molecule has 3 heteroatoms. The van der Waals surface area contributed by atoms with Gasteiger partial charge in [-0.15, -0.1) is 0 Å². The second kappa shape index (κ2) is 9.88. The van der Waals surface area contributed by atoms with Gasteiger partial charge in [0.25, 0.3) is 0 Å². The fraction of sp³-hybridized carbons (Fsp3) is 1.00. The predicted molar refractivity (Wildman–Crippen MR) is 47.7 cm³/mol. The Morgan fingerprint density at radius 3 is 2.64 bits per heavy atom. The number of hydrogen-bond acceptors (Lipinski definition) is 3. The number of hydrogen-bond donors (Lipinski definition) is 2. The minimum absolute atomic E-state index is 0.729. The highest BCUT2D eigenvalue weighted by molar-refractivity contribution is 4.43. The van der Waals surface area contributed by atoms with Crippen LogP contribution >= 0.6 is 0 Å². The van der Waals surface area contributed by atoms with Gasteiger partial charge in [-0.25, -0.2) is 0 Å². The largest absolute Gasteiger partial charge is 0.381 e. The molecule has 0 fully saturated rings. The van der Waals surface area contributed by atoms with Crippen molar-refractivity contribution in [1.29, 1.82) is 0 Å². The van der Waals surface area contributed by atoms with Gasteiger partial charge in [0.2, 0.25) is 0 Å². The topological polar surface area (TPSA) is 47.3 Å². The molecule has 0 spiro atoms. The van der Waals surface area contributed by atoms with Crippen LogP contribution in [0, 0.1) is 0 Å². The summed E-state index contributed by atoms with van der Waals surface area (Å²) in [6.45, 7) is 6.60. The molecule has 0 aliphatic rings. The zero-order chi connectivity index (χ0) is 8.36. The third-order valence-corrected chi connectivity index (χ3v) is 1.39. The van der Waals surface area contributed by atoms with Crippen LogP contribution in [0.15, 0.2) is 0 Å². The molecule has 0 aliphatic heterocycles. The van der Waals surface area contributed by atoms with Crippen molar-refractivity contribution in [3.63, 3.8) is 0 Å². The van der Waals surface area contributed by atoms with Gasteiger partial charge in [-0.3, -0.25) is 0 Å². The lowest BCUT2D eigenvalue weighted by molar-refractivity contribution is 0.131. The van der Waals surface area contributed by atoms with Crippen molar-refractivity contribution in [3.05, 3.63) is 0 Å². The summed E-state index contributed by atoms with van der Waals surface area (Å²) in [4.78, 5) is 0. The van der Waals surface area contributed by atoms with Crippen molar-refractivity contribution in [2.45, 2.75) is 19.8 Å². The van der Waals surface area contributed by atoms with Crippen molar-refractivity contribution >= 4 is 0 Å². The highest BCUT2D eigenvalue weighted by Crippen LogP contribution is 1.83. The van der Waals surface area contributed by atoms with Crippen LogP contribution in [0.5, 0.6) is 0 Å². The molecule has 0 heterocycles. The van der Waals surface area contributed by atoms with Gasteiger partial charge in [-0.2, -0.15) is 0 Å². The summed E-state index contributed by atoms with van der Waals surface area (Å²) < 4.78 is 5.30. The van der Waals surface area contributed by atoms with Crippen LogP contribution in [0.3, 0.4) is 0 Å². The smallest absolute Gasteiger partial charge is 0.0478 e. The SMILES string of the molecule is CCNCCCOCCCN. The van der Waals surface area contributed by atoms with Gasteiger partial charge in [0.05, 0.1) is 0 Å². The molecule has 0 aromatic carbocycles. The summed E-state index contributed by atoms with van der Waals surface area (Å²) in [6, 6.07) is 0. The van der Waals surface area contributed by atoms with Crippen molar-refractivity contribution in [1.82, 2.24) is 5.32 Å². The molecule has 0 aromatic rings. The van der Waals surface area contributed by atoms with E-state index in [4.69, 9.17) is 10.5 Å². The summed E-state index contributed by atoms with van der Waals surface area (Å²) >= 11 is 0. The normalized spacial score (nSPS) is 10.4. The molecule has 0 aromatic heterocycles. The molecule has 3 N–H and O–H groups in total. The van der Waals surface area contributed by atoms with Crippen LogP contribution < -0.4 is 11.1 Å². The van der Waals surface area contributed by atoms with E-state index in [-0.39, 0.29) is 0 Å². The van der Waals surface area contributed by atoms with Gasteiger partial charge in [0.1, 0.15) is 0 Å². The first-order valence-electron chi connectivity index (χ1n) is 4.40. The van der Waals surface area contributed by atoms with Crippen LogP contribution in [0.25, 0.3) is 0 Å². The molecule has 0 saturated heterocycles. The Labute approximate surface area is 69.3 Å². The Balaban J connectivity index is 2.69. The zero-order valence-electron chi connectivity index (χ0n) is 7.44. The van der Waals surface area contributed by atoms with Crippen molar-refractivity contribution in [3.8, 4) is 0 Å². The fourth-order valence-electron chi connectivity index (χ4n) is 0.763. The highest BCUT2D eigenvalue weighted by Gasteiger charge is 1.87. The first-order valence-corrected chi connectivity index (χ1v) is 4.40. The Morgan fingerprint density at radius 1 is 1.27 bits per heavy atom. The number of ether oxygens (including phenoxy) is 1. The Kier molecular flexibility index (Phi) is 9.77. The molecule has 11 heavy (non-hydrogen) atoms. The third kappa shape index (κ3) is 9.88. The summed E-state index contributed by atoms with van der Waals surface area (Å²) in [5.41, 5.74) is 5.30. The first kappa shape index (κ1) is 10.9. The van der Waals surface area contributed by atoms with E-state index in [1.165, 1.54) is 0 Å². The predicted octanol–water partition coefficient (Wildman–Crippen LogP) is 0.351. The standard InChI is InChI=1S/C8H20N2O/c1-2-10-6-4-8-11-7-3-5-9/h10H,2-9H2,1H3. The average Bonchev–Trinajstić information content (AvgIpc) is 2.03. The number of rotatable bonds is 8. The molecule has 0 bridgehead atoms. The molecule has 68 valence electrons. The molecule has 0 radical (unpaired) electrons. The van der Waals surface area contributed by atoms with Crippen molar-refractivity contribution < 1.29 is 4.74 Å². The van der Waals surface area contributed by atoms with Gasteiger partial charge in [0.15, 0.2) is 0 Å². The zero-order valence-corrected chi connectivity index (χ0v) is 7.44. The van der Waals surface area contributed by atoms with Gasteiger partial charge in [0, 0.05) is 13.2 Å². The molecular formula is C8H20N2O. The Morgan fingerprint density at radius 2 is 2.00 bits per heavy atom. The van der Waals surface area contributed by atoms with Crippen molar-refractivity contribution in [2.24, 2.45) is 5.73 Å². The quantitative estimate of drug-likeness (QED) is 0.504. The van der Waals surface area contributed by atoms with Gasteiger partial charge >= 0.3 is 0 Å². The van der Waals surface area contributed by atoms with E-state index in [2.05, 4.69) is 12.2 Å². The molecule has 0 atom stereocenters. The van der Waals surface area contributed by atoms with E-state index in [1.54, 1.807) is 0 Å². The molecule has 0 aliphatic carbocycles. The van der Waals surface area contributed by atoms with Crippen LogP contribution in [0.1, 0.15) is 19.8 Å². The van der Waals surface area contributed by atoms with Gasteiger partial charge in [-0.05, 0) is 32.5 Å². The average molecular weight is 160 g/mol. The van der Waals surface area contributed by atoms with E-state index in [1.807, 2.05) is 0 Å². The molecule has 0 saturated carbocycles. The second-order valence-electron chi connectivity index (χ2n) is 2.46. The summed E-state index contributed by atoms with van der Waals surface area (Å²) in [6.07, 6.45) is 2.07. The summed E-state index contributed by atoms with van der Waals surface area (Å²) in [5.74, 6) is 0. The maximum Gasteiger partial charge on any atom is 0.0478 e. The Hall–Kier alpha value is -0.120. The maximum absolute atomic E-state index is 5.30. The van der Waals surface area contributed by atoms with Gasteiger partial charge < -0.3 is 15.8 Å². The molecule has 0 amide bonds. The summed E-state index contributed by atoms with van der Waals surface area (Å²) in [5, 5.41) is 3.23. The summed E-state index contributed by atoms with van der Waals surface area (Å²) in [7, 11) is 0. The van der Waals surface area contributed by atoms with E-state index in [9.17, 15) is 0 Å². The van der Waals surface area contributed by atoms with E-state index in [0.29, 0.717) is 0 Å². The number of nitrogens with one attached hydrogen (secondary N) is 1. The minimum atomic E-state index is 0.729. The van der Waals surface area contributed by atoms with Crippen molar-refractivity contribution in [2.75, 3.05) is 32.8 Å². The van der Waals surface area contributed by atoms with E-state index < -0.39 is 0 Å². The molecule has 0 rings (SSSR count). The fourth-order valence-corrected chi connectivity index (χ4v) is 0.763. The minimum Gasteiger partial charge on any atom is -0.381 e. The van der Waals surface area contributed by atoms with Crippen LogP contribution in [-0.2, 0) is 4.74 Å². The molecule has 3 nitrogen and oxygen atoms in total. The second-order valence-corrected chi connectivity index (χ2v) is 2.46. The maximum atomic E-state index is 5.30. The third-order valence-electron chi connectivity index (χ3n) is 1.39. The van der Waals surface area contributed by atoms with Crippen LogP contribution in [0.2, 0.25) is 0 Å². The van der Waals surface area contributed by atoms with E-state index in [0.717, 1.165) is 45.7 Å². The number of nitrogens with two attached hydrogens (primary N) is 1. The monoisotopic (exact) mass is 160 g/mol. The lowest BCUT2D eigenvalue weighted by Gasteiger charge is -2.02.